The van der Waals surface area contributed by atoms with Gasteiger partial charge in [-0.05, 0) is 66.2 Å². The van der Waals surface area contributed by atoms with E-state index in [-0.39, 0.29) is 23.2 Å². The molecule has 0 bridgehead atoms. The Morgan fingerprint density at radius 1 is 1.12 bits per heavy atom. The van der Waals surface area contributed by atoms with Gasteiger partial charge in [-0.3, -0.25) is 14.9 Å². The van der Waals surface area contributed by atoms with Crippen LogP contribution in [0.5, 0.6) is 11.5 Å². The molecule has 3 rings (SSSR count). The summed E-state index contributed by atoms with van der Waals surface area (Å²) in [6.45, 7) is 0. The standard InChI is InChI=1S/C22H15ClF3N3O4S/c23-16-4-8-18(9-5-16)34-13-21(30)28-27-12-14-1-6-17(7-2-14)33-20-10-3-15(22(24,25)26)11-19(20)29(31)32/h1-12H,13H2,(H,28,30)/b27-12-. The minimum Gasteiger partial charge on any atom is -0.450 e. The summed E-state index contributed by atoms with van der Waals surface area (Å²) in [5.74, 6) is -0.323. The normalized spacial score (nSPS) is 11.4. The van der Waals surface area contributed by atoms with Gasteiger partial charge in [0, 0.05) is 16.0 Å². The average Bonchev–Trinajstić information content (AvgIpc) is 2.79. The van der Waals surface area contributed by atoms with Gasteiger partial charge >= 0.3 is 11.9 Å². The molecule has 0 saturated heterocycles. The molecule has 0 radical (unpaired) electrons. The van der Waals surface area contributed by atoms with Gasteiger partial charge in [0.25, 0.3) is 0 Å². The van der Waals surface area contributed by atoms with Crippen LogP contribution in [0.3, 0.4) is 0 Å². The zero-order valence-electron chi connectivity index (χ0n) is 17.1. The Bertz CT molecular complexity index is 1200. The number of carbonyl (C=O) groups is 1. The number of nitrogens with zero attached hydrogens (tertiary/aromatic N) is 2. The molecule has 0 unspecified atom stereocenters. The first-order valence-corrected chi connectivity index (χ1v) is 10.8. The number of thioether (sulfide) groups is 1. The molecular weight excluding hydrogens is 495 g/mol. The van der Waals surface area contributed by atoms with Crippen LogP contribution in [0.15, 0.2) is 76.7 Å². The smallest absolute Gasteiger partial charge is 0.416 e. The maximum absolute atomic E-state index is 12.8. The molecule has 0 aliphatic rings. The minimum atomic E-state index is -4.71. The lowest BCUT2D eigenvalue weighted by atomic mass is 10.2. The number of alkyl halides is 3. The number of rotatable bonds is 8. The second kappa shape index (κ2) is 11.0. The molecule has 176 valence electrons. The Hall–Kier alpha value is -3.57. The predicted octanol–water partition coefficient (Wildman–Crippen LogP) is 6.30. The highest BCUT2D eigenvalue weighted by atomic mass is 35.5. The van der Waals surface area contributed by atoms with Gasteiger partial charge in [0.15, 0.2) is 0 Å². The lowest BCUT2D eigenvalue weighted by Gasteiger charge is -2.10. The number of hydrogen-bond acceptors (Lipinski definition) is 6. The summed E-state index contributed by atoms with van der Waals surface area (Å²) in [6, 6.07) is 15.1. The van der Waals surface area contributed by atoms with Gasteiger partial charge in [0.05, 0.1) is 22.5 Å². The highest BCUT2D eigenvalue weighted by Gasteiger charge is 2.33. The number of nitro groups is 1. The zero-order chi connectivity index (χ0) is 24.7. The van der Waals surface area contributed by atoms with E-state index in [0.717, 1.165) is 11.0 Å². The summed E-state index contributed by atoms with van der Waals surface area (Å²) in [6.07, 6.45) is -3.33. The topological polar surface area (TPSA) is 93.8 Å². The van der Waals surface area contributed by atoms with Crippen molar-refractivity contribution in [2.45, 2.75) is 11.1 Å². The van der Waals surface area contributed by atoms with Crippen molar-refractivity contribution in [2.75, 3.05) is 5.75 Å². The highest BCUT2D eigenvalue weighted by molar-refractivity contribution is 8.00. The number of ether oxygens (including phenoxy) is 1. The molecular formula is C22H15ClF3N3O4S. The van der Waals surface area contributed by atoms with E-state index in [4.69, 9.17) is 16.3 Å². The number of carbonyl (C=O) groups excluding carboxylic acids is 1. The average molecular weight is 510 g/mol. The van der Waals surface area contributed by atoms with Crippen LogP contribution in [0, 0.1) is 10.1 Å². The summed E-state index contributed by atoms with van der Waals surface area (Å²) < 4.78 is 43.8. The number of hydrogen-bond donors (Lipinski definition) is 1. The van der Waals surface area contributed by atoms with E-state index < -0.39 is 22.4 Å². The lowest BCUT2D eigenvalue weighted by Crippen LogP contribution is -2.19. The molecule has 12 heteroatoms. The van der Waals surface area contributed by atoms with Gasteiger partial charge in [0.2, 0.25) is 11.7 Å². The molecule has 0 aliphatic carbocycles. The van der Waals surface area contributed by atoms with Crippen LogP contribution in [0.4, 0.5) is 18.9 Å². The maximum Gasteiger partial charge on any atom is 0.416 e. The van der Waals surface area contributed by atoms with Crippen LogP contribution in [-0.4, -0.2) is 22.8 Å². The van der Waals surface area contributed by atoms with Gasteiger partial charge in [-0.1, -0.05) is 11.6 Å². The molecule has 3 aromatic rings. The van der Waals surface area contributed by atoms with E-state index in [0.29, 0.717) is 22.7 Å². The molecule has 0 aliphatic heterocycles. The second-order valence-electron chi connectivity index (χ2n) is 6.64. The number of amides is 1. The van der Waals surface area contributed by atoms with Crippen molar-refractivity contribution in [1.82, 2.24) is 5.43 Å². The third kappa shape index (κ3) is 7.22. The molecule has 1 amide bonds. The van der Waals surface area contributed by atoms with Gasteiger partial charge in [-0.2, -0.15) is 18.3 Å². The Morgan fingerprint density at radius 3 is 2.41 bits per heavy atom. The van der Waals surface area contributed by atoms with Crippen molar-refractivity contribution >= 4 is 41.2 Å². The summed E-state index contributed by atoms with van der Waals surface area (Å²) in [5.41, 5.74) is 1.02. The highest BCUT2D eigenvalue weighted by Crippen LogP contribution is 2.37. The molecule has 0 aromatic heterocycles. The van der Waals surface area contributed by atoms with Gasteiger partial charge in [-0.15, -0.1) is 11.8 Å². The number of nitro benzene ring substituents is 1. The van der Waals surface area contributed by atoms with Crippen molar-refractivity contribution in [1.29, 1.82) is 0 Å². The molecule has 3 aromatic carbocycles. The fourth-order valence-corrected chi connectivity index (χ4v) is 3.38. The van der Waals surface area contributed by atoms with Crippen molar-refractivity contribution in [3.8, 4) is 11.5 Å². The fourth-order valence-electron chi connectivity index (χ4n) is 2.56. The van der Waals surface area contributed by atoms with E-state index in [1.807, 2.05) is 0 Å². The molecule has 0 saturated carbocycles. The van der Waals surface area contributed by atoms with Crippen LogP contribution in [0.2, 0.25) is 5.02 Å². The molecule has 7 nitrogen and oxygen atoms in total. The summed E-state index contributed by atoms with van der Waals surface area (Å²) in [7, 11) is 0. The number of hydrazone groups is 1. The quantitative estimate of drug-likeness (QED) is 0.166. The molecule has 34 heavy (non-hydrogen) atoms. The monoisotopic (exact) mass is 509 g/mol. The third-order valence-electron chi connectivity index (χ3n) is 4.18. The number of nitrogens with one attached hydrogen (secondary N) is 1. The fraction of sp³-hybridized carbons (Fsp3) is 0.0909. The first-order valence-electron chi connectivity index (χ1n) is 9.45. The molecule has 1 N–H and O–H groups in total. The van der Waals surface area contributed by atoms with Crippen LogP contribution >= 0.6 is 23.4 Å². The van der Waals surface area contributed by atoms with E-state index >= 15 is 0 Å². The van der Waals surface area contributed by atoms with Crippen molar-refractivity contribution < 1.29 is 27.6 Å². The largest absolute Gasteiger partial charge is 0.450 e. The van der Waals surface area contributed by atoms with Crippen LogP contribution in [0.1, 0.15) is 11.1 Å². The van der Waals surface area contributed by atoms with Crippen LogP contribution < -0.4 is 10.2 Å². The van der Waals surface area contributed by atoms with E-state index in [1.54, 1.807) is 36.4 Å². The van der Waals surface area contributed by atoms with Gasteiger partial charge in [-0.25, -0.2) is 5.43 Å². The van der Waals surface area contributed by atoms with E-state index in [1.165, 1.54) is 30.1 Å². The first kappa shape index (κ1) is 25.1. The Labute approximate surface area is 200 Å². The number of benzene rings is 3. The third-order valence-corrected chi connectivity index (χ3v) is 5.44. The van der Waals surface area contributed by atoms with E-state index in [2.05, 4.69) is 10.5 Å². The van der Waals surface area contributed by atoms with Crippen molar-refractivity contribution in [3.05, 3.63) is 93.0 Å². The van der Waals surface area contributed by atoms with Crippen LogP contribution in [-0.2, 0) is 11.0 Å². The minimum absolute atomic E-state index is 0.150. The molecule has 0 spiro atoms. The predicted molar refractivity (Wildman–Crippen MR) is 123 cm³/mol. The SMILES string of the molecule is O=C(CSc1ccc(Cl)cc1)N/N=C\c1ccc(Oc2ccc(C(F)(F)F)cc2[N+](=O)[O-])cc1. The van der Waals surface area contributed by atoms with Crippen molar-refractivity contribution in [2.24, 2.45) is 5.10 Å². The van der Waals surface area contributed by atoms with Crippen LogP contribution in [0.25, 0.3) is 0 Å². The summed E-state index contributed by atoms with van der Waals surface area (Å²) >= 11 is 7.13. The Kier molecular flexibility index (Phi) is 8.13. The summed E-state index contributed by atoms with van der Waals surface area (Å²) in [5, 5.41) is 15.6. The second-order valence-corrected chi connectivity index (χ2v) is 8.13. The lowest BCUT2D eigenvalue weighted by molar-refractivity contribution is -0.385. The summed E-state index contributed by atoms with van der Waals surface area (Å²) in [4.78, 5) is 23.0. The zero-order valence-corrected chi connectivity index (χ0v) is 18.7. The van der Waals surface area contributed by atoms with Gasteiger partial charge in [0.1, 0.15) is 5.75 Å². The molecule has 0 fully saturated rings. The van der Waals surface area contributed by atoms with E-state index in [9.17, 15) is 28.1 Å². The Morgan fingerprint density at radius 2 is 1.79 bits per heavy atom. The Balaban J connectivity index is 1.56. The number of halogens is 4. The van der Waals surface area contributed by atoms with Crippen molar-refractivity contribution in [3.63, 3.8) is 0 Å². The first-order chi connectivity index (χ1) is 16.1. The van der Waals surface area contributed by atoms with Gasteiger partial charge < -0.3 is 4.74 Å². The maximum atomic E-state index is 12.8. The molecule has 0 heterocycles. The molecule has 0 atom stereocenters.